The molecule has 41 heavy (non-hydrogen) atoms. The van der Waals surface area contributed by atoms with E-state index >= 15 is 0 Å². The minimum absolute atomic E-state index is 0.0907. The number of amides is 3. The molecule has 5 rings (SSSR count). The van der Waals surface area contributed by atoms with Crippen LogP contribution in [-0.2, 0) is 16.1 Å². The van der Waals surface area contributed by atoms with Gasteiger partial charge in [-0.2, -0.15) is 0 Å². The molecule has 0 aromatic heterocycles. The quantitative estimate of drug-likeness (QED) is 0.348. The van der Waals surface area contributed by atoms with Crippen LogP contribution in [0.5, 0.6) is 0 Å². The lowest BCUT2D eigenvalue weighted by Crippen LogP contribution is -2.55. The van der Waals surface area contributed by atoms with Gasteiger partial charge in [0, 0.05) is 11.1 Å². The molecule has 208 valence electrons. The van der Waals surface area contributed by atoms with Crippen molar-refractivity contribution in [2.45, 2.75) is 39.4 Å². The lowest BCUT2D eigenvalue weighted by Gasteiger charge is -2.27. The zero-order valence-corrected chi connectivity index (χ0v) is 23.3. The molecule has 0 aliphatic carbocycles. The summed E-state index contributed by atoms with van der Waals surface area (Å²) in [5.41, 5.74) is 9.78. The first kappa shape index (κ1) is 27.7. The molecule has 0 saturated heterocycles. The van der Waals surface area contributed by atoms with Gasteiger partial charge in [0.2, 0.25) is 5.91 Å². The summed E-state index contributed by atoms with van der Waals surface area (Å²) in [7, 11) is 0. The third-order valence-corrected chi connectivity index (χ3v) is 7.50. The first-order valence-corrected chi connectivity index (χ1v) is 13.5. The Kier molecular flexibility index (Phi) is 7.68. The van der Waals surface area contributed by atoms with Crippen LogP contribution in [0.3, 0.4) is 0 Å². The number of anilines is 2. The average molecular weight is 549 g/mol. The van der Waals surface area contributed by atoms with Crippen LogP contribution in [0.1, 0.15) is 45.7 Å². The van der Waals surface area contributed by atoms with E-state index in [4.69, 9.17) is 5.73 Å². The molecule has 0 saturated carbocycles. The first-order valence-electron chi connectivity index (χ1n) is 13.5. The van der Waals surface area contributed by atoms with E-state index in [9.17, 15) is 19.2 Å². The summed E-state index contributed by atoms with van der Waals surface area (Å²) < 4.78 is 0. The van der Waals surface area contributed by atoms with Crippen molar-refractivity contribution in [3.8, 4) is 0 Å². The van der Waals surface area contributed by atoms with Gasteiger partial charge in [-0.1, -0.05) is 60.7 Å². The maximum Gasteiger partial charge on any atom is 0.258 e. The number of carbonyl (C=O) groups is 4. The fraction of sp³-hybridized carbons (Fsp3) is 0.212. The monoisotopic (exact) mass is 548 g/mol. The van der Waals surface area contributed by atoms with Gasteiger partial charge in [0.15, 0.2) is 5.78 Å². The number of Topliss-reactive ketones (excluding diaryl/α,β-unsaturated/α-hetero) is 1. The van der Waals surface area contributed by atoms with E-state index in [1.807, 2.05) is 55.5 Å². The molecule has 0 radical (unpaired) electrons. The summed E-state index contributed by atoms with van der Waals surface area (Å²) in [6.45, 7) is 5.16. The summed E-state index contributed by atoms with van der Waals surface area (Å²) in [6, 6.07) is 23.8. The number of para-hydroxylation sites is 2. The summed E-state index contributed by atoms with van der Waals surface area (Å²) in [4.78, 5) is 55.8. The average Bonchev–Trinajstić information content (AvgIpc) is 3.08. The molecule has 0 bridgehead atoms. The SMILES string of the molecule is CC(=O)c1ccc(C(=O)N2CC(NC(=O)C(C)N)C(=O)N(Cc3c(C)ccc4ccccc34)c3ccccc32)cc1. The minimum Gasteiger partial charge on any atom is -0.341 e. The highest BCUT2D eigenvalue weighted by molar-refractivity contribution is 6.13. The Bertz CT molecular complexity index is 1660. The third-order valence-electron chi connectivity index (χ3n) is 7.50. The van der Waals surface area contributed by atoms with Crippen LogP contribution in [0.15, 0.2) is 84.9 Å². The number of nitrogens with two attached hydrogens (primary N) is 1. The molecule has 4 aromatic rings. The van der Waals surface area contributed by atoms with Crippen LogP contribution in [0, 0.1) is 6.92 Å². The molecule has 4 aromatic carbocycles. The second kappa shape index (κ2) is 11.3. The van der Waals surface area contributed by atoms with Crippen molar-refractivity contribution in [2.75, 3.05) is 16.3 Å². The Morgan fingerprint density at radius 1 is 0.902 bits per heavy atom. The van der Waals surface area contributed by atoms with E-state index in [1.54, 1.807) is 42.2 Å². The topological polar surface area (TPSA) is 113 Å². The highest BCUT2D eigenvalue weighted by Gasteiger charge is 2.37. The predicted octanol–water partition coefficient (Wildman–Crippen LogP) is 4.38. The number of nitrogens with zero attached hydrogens (tertiary/aromatic N) is 2. The summed E-state index contributed by atoms with van der Waals surface area (Å²) in [5.74, 6) is -1.30. The number of ketones is 1. The predicted molar refractivity (Wildman–Crippen MR) is 160 cm³/mol. The van der Waals surface area contributed by atoms with Crippen LogP contribution >= 0.6 is 0 Å². The fourth-order valence-electron chi connectivity index (χ4n) is 5.17. The summed E-state index contributed by atoms with van der Waals surface area (Å²) in [5, 5.41) is 4.85. The molecule has 3 amide bonds. The zero-order chi connectivity index (χ0) is 29.3. The zero-order valence-electron chi connectivity index (χ0n) is 23.3. The number of fused-ring (bicyclic) bond motifs is 2. The Balaban J connectivity index is 1.63. The van der Waals surface area contributed by atoms with Crippen molar-refractivity contribution in [3.05, 3.63) is 107 Å². The van der Waals surface area contributed by atoms with Crippen LogP contribution in [0.4, 0.5) is 11.4 Å². The molecule has 0 spiro atoms. The van der Waals surface area contributed by atoms with Crippen molar-refractivity contribution >= 4 is 45.7 Å². The van der Waals surface area contributed by atoms with Gasteiger partial charge in [0.1, 0.15) is 6.04 Å². The molecule has 1 aliphatic rings. The van der Waals surface area contributed by atoms with Crippen LogP contribution in [0.2, 0.25) is 0 Å². The van der Waals surface area contributed by atoms with Crippen LogP contribution in [-0.4, -0.2) is 42.1 Å². The number of hydrogen-bond acceptors (Lipinski definition) is 5. The van der Waals surface area contributed by atoms with Gasteiger partial charge in [-0.15, -0.1) is 0 Å². The molecule has 2 atom stereocenters. The molecule has 1 heterocycles. The van der Waals surface area contributed by atoms with E-state index in [2.05, 4.69) is 11.4 Å². The van der Waals surface area contributed by atoms with E-state index in [1.165, 1.54) is 11.8 Å². The number of benzene rings is 4. The maximum atomic E-state index is 14.2. The smallest absolute Gasteiger partial charge is 0.258 e. The van der Waals surface area contributed by atoms with Crippen LogP contribution < -0.4 is 20.9 Å². The highest BCUT2D eigenvalue weighted by atomic mass is 16.2. The molecule has 8 nitrogen and oxygen atoms in total. The largest absolute Gasteiger partial charge is 0.341 e. The van der Waals surface area contributed by atoms with Crippen molar-refractivity contribution in [3.63, 3.8) is 0 Å². The summed E-state index contributed by atoms with van der Waals surface area (Å²) in [6.07, 6.45) is 0. The maximum absolute atomic E-state index is 14.2. The Morgan fingerprint density at radius 2 is 1.54 bits per heavy atom. The number of nitrogens with one attached hydrogen (secondary N) is 1. The second-order valence-corrected chi connectivity index (χ2v) is 10.4. The number of hydrogen-bond donors (Lipinski definition) is 2. The van der Waals surface area contributed by atoms with Gasteiger partial charge in [-0.3, -0.25) is 19.2 Å². The lowest BCUT2D eigenvalue weighted by molar-refractivity contribution is -0.127. The molecule has 1 aliphatic heterocycles. The van der Waals surface area contributed by atoms with E-state index in [-0.39, 0.29) is 30.7 Å². The molecule has 8 heteroatoms. The summed E-state index contributed by atoms with van der Waals surface area (Å²) >= 11 is 0. The Morgan fingerprint density at radius 3 is 2.22 bits per heavy atom. The molecule has 3 N–H and O–H groups in total. The van der Waals surface area contributed by atoms with Gasteiger partial charge in [-0.25, -0.2) is 0 Å². The molecule has 2 unspecified atom stereocenters. The Hall–Kier alpha value is -4.82. The fourth-order valence-corrected chi connectivity index (χ4v) is 5.17. The number of carbonyl (C=O) groups excluding carboxylic acids is 4. The van der Waals surface area contributed by atoms with Crippen molar-refractivity contribution in [1.29, 1.82) is 0 Å². The van der Waals surface area contributed by atoms with Gasteiger partial charge < -0.3 is 20.9 Å². The van der Waals surface area contributed by atoms with Crippen molar-refractivity contribution < 1.29 is 19.2 Å². The van der Waals surface area contributed by atoms with Crippen molar-refractivity contribution in [2.24, 2.45) is 5.73 Å². The van der Waals surface area contributed by atoms with E-state index in [0.717, 1.165) is 21.9 Å². The number of aryl methyl sites for hydroxylation is 1. The Labute approximate surface area is 238 Å². The molecular formula is C33H32N4O4. The van der Waals surface area contributed by atoms with Gasteiger partial charge >= 0.3 is 0 Å². The van der Waals surface area contributed by atoms with Gasteiger partial charge in [0.25, 0.3) is 11.8 Å². The first-order chi connectivity index (χ1) is 19.7. The number of rotatable bonds is 6. The lowest BCUT2D eigenvalue weighted by atomic mass is 9.99. The highest BCUT2D eigenvalue weighted by Crippen LogP contribution is 2.36. The third kappa shape index (κ3) is 5.47. The molecule has 0 fully saturated rings. The van der Waals surface area contributed by atoms with Gasteiger partial charge in [-0.05, 0) is 66.9 Å². The standard InChI is InChI=1S/C33H32N4O4/c1-20-12-13-24-8-4-5-9-26(24)27(20)18-36-29-10-6-7-11-30(29)37(19-28(33(36)41)35-31(39)21(2)34)32(40)25-16-14-23(15-17-25)22(3)38/h4-17,21,28H,18-19,34H2,1-3H3,(H,35,39). The van der Waals surface area contributed by atoms with E-state index < -0.39 is 18.0 Å². The van der Waals surface area contributed by atoms with Crippen LogP contribution in [0.25, 0.3) is 10.8 Å². The second-order valence-electron chi connectivity index (χ2n) is 10.4. The normalized spacial score (nSPS) is 15.7. The van der Waals surface area contributed by atoms with E-state index in [0.29, 0.717) is 22.5 Å². The minimum atomic E-state index is -1.04. The van der Waals surface area contributed by atoms with Crippen molar-refractivity contribution in [1.82, 2.24) is 5.32 Å². The van der Waals surface area contributed by atoms with Gasteiger partial charge in [0.05, 0.1) is 30.5 Å². The molecular weight excluding hydrogens is 516 g/mol.